The molecule has 1 aromatic heterocycles. The van der Waals surface area contributed by atoms with Gasteiger partial charge in [-0.2, -0.15) is 0 Å². The molecule has 1 N–H and O–H groups in total. The summed E-state index contributed by atoms with van der Waals surface area (Å²) in [5, 5.41) is 12.4. The molecular weight excluding hydrogens is 264 g/mol. The SMILES string of the molecule is CNC1(C(=O)OC)CCCC(Sc2nncn2C)C1. The number of hydrogen-bond donors (Lipinski definition) is 1. The van der Waals surface area contributed by atoms with Crippen molar-refractivity contribution in [3.8, 4) is 0 Å². The number of ether oxygens (including phenoxy) is 1. The number of likely N-dealkylation sites (N-methyl/N-ethyl adjacent to an activating group) is 1. The number of nitrogens with one attached hydrogen (secondary N) is 1. The first kappa shape index (κ1) is 14.3. The van der Waals surface area contributed by atoms with Crippen LogP contribution in [0.5, 0.6) is 0 Å². The van der Waals surface area contributed by atoms with Crippen LogP contribution in [-0.2, 0) is 16.6 Å². The Morgan fingerprint density at radius 2 is 2.47 bits per heavy atom. The van der Waals surface area contributed by atoms with Gasteiger partial charge in [0.1, 0.15) is 11.9 Å². The van der Waals surface area contributed by atoms with Crippen molar-refractivity contribution >= 4 is 17.7 Å². The maximum absolute atomic E-state index is 12.0. The number of carbonyl (C=O) groups excluding carboxylic acids is 1. The number of hydrogen-bond acceptors (Lipinski definition) is 6. The summed E-state index contributed by atoms with van der Waals surface area (Å²) in [6.45, 7) is 0. The van der Waals surface area contributed by atoms with Crippen molar-refractivity contribution in [3.63, 3.8) is 0 Å². The highest BCUT2D eigenvalue weighted by Gasteiger charge is 2.43. The van der Waals surface area contributed by atoms with Crippen molar-refractivity contribution in [2.75, 3.05) is 14.2 Å². The second-order valence-corrected chi connectivity index (χ2v) is 6.15. The molecule has 0 radical (unpaired) electrons. The zero-order valence-electron chi connectivity index (χ0n) is 11.5. The van der Waals surface area contributed by atoms with Crippen LogP contribution in [-0.4, -0.2) is 45.7 Å². The minimum Gasteiger partial charge on any atom is -0.468 e. The average Bonchev–Trinajstić information content (AvgIpc) is 2.83. The van der Waals surface area contributed by atoms with E-state index in [9.17, 15) is 4.79 Å². The number of nitrogens with zero attached hydrogens (tertiary/aromatic N) is 3. The molecular formula is C12H20N4O2S. The monoisotopic (exact) mass is 284 g/mol. The van der Waals surface area contributed by atoms with Crippen LogP contribution >= 0.6 is 11.8 Å². The molecule has 2 rings (SSSR count). The zero-order chi connectivity index (χ0) is 13.9. The highest BCUT2D eigenvalue weighted by molar-refractivity contribution is 7.99. The van der Waals surface area contributed by atoms with E-state index >= 15 is 0 Å². The topological polar surface area (TPSA) is 69.0 Å². The van der Waals surface area contributed by atoms with Gasteiger partial charge in [0.15, 0.2) is 5.16 Å². The number of esters is 1. The Kier molecular flexibility index (Phi) is 4.46. The zero-order valence-corrected chi connectivity index (χ0v) is 12.4. The molecule has 1 aliphatic carbocycles. The highest BCUT2D eigenvalue weighted by atomic mass is 32.2. The summed E-state index contributed by atoms with van der Waals surface area (Å²) >= 11 is 1.68. The van der Waals surface area contributed by atoms with Gasteiger partial charge >= 0.3 is 5.97 Å². The second-order valence-electron chi connectivity index (χ2n) is 4.88. The summed E-state index contributed by atoms with van der Waals surface area (Å²) in [4.78, 5) is 12.0. The van der Waals surface area contributed by atoms with Crippen molar-refractivity contribution in [2.24, 2.45) is 7.05 Å². The predicted molar refractivity (Wildman–Crippen MR) is 72.9 cm³/mol. The predicted octanol–water partition coefficient (Wildman–Crippen LogP) is 0.981. The molecule has 0 saturated heterocycles. The number of aryl methyl sites for hydroxylation is 1. The minimum absolute atomic E-state index is 0.168. The molecule has 1 aliphatic rings. The minimum atomic E-state index is -0.552. The Bertz CT molecular complexity index is 451. The third-order valence-corrected chi connectivity index (χ3v) is 5.02. The second kappa shape index (κ2) is 5.92. The number of thioether (sulfide) groups is 1. The third-order valence-electron chi connectivity index (χ3n) is 3.70. The normalized spacial score (nSPS) is 27.2. The Morgan fingerprint density at radius 1 is 1.68 bits per heavy atom. The van der Waals surface area contributed by atoms with Gasteiger partial charge < -0.3 is 14.6 Å². The molecule has 1 saturated carbocycles. The molecule has 1 heterocycles. The molecule has 2 unspecified atom stereocenters. The molecule has 0 bridgehead atoms. The maximum Gasteiger partial charge on any atom is 0.326 e. The average molecular weight is 284 g/mol. The Balaban J connectivity index is 2.08. The van der Waals surface area contributed by atoms with E-state index in [1.165, 1.54) is 7.11 Å². The van der Waals surface area contributed by atoms with Gasteiger partial charge in [0.25, 0.3) is 0 Å². The quantitative estimate of drug-likeness (QED) is 0.831. The summed E-state index contributed by atoms with van der Waals surface area (Å²) in [6, 6.07) is 0. The summed E-state index contributed by atoms with van der Waals surface area (Å²) < 4.78 is 6.85. The molecule has 1 aromatic rings. The summed E-state index contributed by atoms with van der Waals surface area (Å²) in [5.41, 5.74) is -0.552. The molecule has 19 heavy (non-hydrogen) atoms. The van der Waals surface area contributed by atoms with E-state index in [1.54, 1.807) is 18.1 Å². The standard InChI is InChI=1S/C12H20N4O2S/c1-13-12(10(17)18-3)6-4-5-9(7-12)19-11-15-14-8-16(11)2/h8-9,13H,4-7H2,1-3H3. The van der Waals surface area contributed by atoms with Crippen LogP contribution in [0.3, 0.4) is 0 Å². The lowest BCUT2D eigenvalue weighted by Crippen LogP contribution is -2.54. The fraction of sp³-hybridized carbons (Fsp3) is 0.750. The third kappa shape index (κ3) is 2.92. The summed E-state index contributed by atoms with van der Waals surface area (Å²) in [5.74, 6) is -0.168. The fourth-order valence-corrected chi connectivity index (χ4v) is 3.82. The highest BCUT2D eigenvalue weighted by Crippen LogP contribution is 2.37. The van der Waals surface area contributed by atoms with Gasteiger partial charge in [-0.1, -0.05) is 11.8 Å². The van der Waals surface area contributed by atoms with Gasteiger partial charge in [0, 0.05) is 12.3 Å². The molecule has 7 heteroatoms. The smallest absolute Gasteiger partial charge is 0.326 e. The van der Waals surface area contributed by atoms with Gasteiger partial charge in [-0.15, -0.1) is 10.2 Å². The van der Waals surface area contributed by atoms with Crippen molar-refractivity contribution in [3.05, 3.63) is 6.33 Å². The van der Waals surface area contributed by atoms with Crippen LogP contribution in [0.15, 0.2) is 11.5 Å². The van der Waals surface area contributed by atoms with E-state index in [4.69, 9.17) is 4.74 Å². The molecule has 0 aromatic carbocycles. The van der Waals surface area contributed by atoms with Crippen LogP contribution in [0.25, 0.3) is 0 Å². The van der Waals surface area contributed by atoms with E-state index in [0.29, 0.717) is 5.25 Å². The first-order valence-electron chi connectivity index (χ1n) is 6.39. The van der Waals surface area contributed by atoms with Crippen LogP contribution in [0.4, 0.5) is 0 Å². The molecule has 2 atom stereocenters. The van der Waals surface area contributed by atoms with Crippen LogP contribution < -0.4 is 5.32 Å². The van der Waals surface area contributed by atoms with E-state index in [0.717, 1.165) is 30.8 Å². The first-order valence-corrected chi connectivity index (χ1v) is 7.27. The Hall–Kier alpha value is -1.08. The molecule has 0 amide bonds. The molecule has 106 valence electrons. The number of methoxy groups -OCH3 is 1. The van der Waals surface area contributed by atoms with Crippen LogP contribution in [0, 0.1) is 0 Å². The first-order chi connectivity index (χ1) is 9.11. The lowest BCUT2D eigenvalue weighted by atomic mass is 9.81. The van der Waals surface area contributed by atoms with Gasteiger partial charge in [-0.25, -0.2) is 0 Å². The maximum atomic E-state index is 12.0. The molecule has 1 fully saturated rings. The van der Waals surface area contributed by atoms with E-state index in [2.05, 4.69) is 15.5 Å². The van der Waals surface area contributed by atoms with E-state index in [1.807, 2.05) is 18.7 Å². The molecule has 0 aliphatic heterocycles. The van der Waals surface area contributed by atoms with E-state index < -0.39 is 5.54 Å². The molecule has 0 spiro atoms. The number of rotatable bonds is 4. The fourth-order valence-electron chi connectivity index (χ4n) is 2.56. The van der Waals surface area contributed by atoms with Gasteiger partial charge in [0.05, 0.1) is 7.11 Å². The van der Waals surface area contributed by atoms with Crippen LogP contribution in [0.1, 0.15) is 25.7 Å². The van der Waals surface area contributed by atoms with Gasteiger partial charge in [-0.05, 0) is 32.7 Å². The van der Waals surface area contributed by atoms with Crippen LogP contribution in [0.2, 0.25) is 0 Å². The van der Waals surface area contributed by atoms with Crippen molar-refractivity contribution < 1.29 is 9.53 Å². The Labute approximate surface area is 117 Å². The summed E-state index contributed by atoms with van der Waals surface area (Å²) in [6.07, 6.45) is 5.36. The van der Waals surface area contributed by atoms with Crippen molar-refractivity contribution in [1.82, 2.24) is 20.1 Å². The lowest BCUT2D eigenvalue weighted by molar-refractivity contribution is -0.149. The largest absolute Gasteiger partial charge is 0.468 e. The summed E-state index contributed by atoms with van der Waals surface area (Å²) in [7, 11) is 5.20. The lowest BCUT2D eigenvalue weighted by Gasteiger charge is -2.37. The van der Waals surface area contributed by atoms with E-state index in [-0.39, 0.29) is 5.97 Å². The van der Waals surface area contributed by atoms with Crippen molar-refractivity contribution in [1.29, 1.82) is 0 Å². The van der Waals surface area contributed by atoms with Crippen molar-refractivity contribution in [2.45, 2.75) is 41.6 Å². The number of carbonyl (C=O) groups is 1. The van der Waals surface area contributed by atoms with Gasteiger partial charge in [0.2, 0.25) is 0 Å². The molecule has 6 nitrogen and oxygen atoms in total. The number of aromatic nitrogens is 3. The van der Waals surface area contributed by atoms with Gasteiger partial charge in [-0.3, -0.25) is 4.79 Å². The Morgan fingerprint density at radius 3 is 3.05 bits per heavy atom.